The number of carbonyl (C=O) groups excluding carboxylic acids is 1. The van der Waals surface area contributed by atoms with Crippen molar-refractivity contribution >= 4 is 18.7 Å². The Morgan fingerprint density at radius 2 is 2.03 bits per heavy atom. The predicted octanol–water partition coefficient (Wildman–Crippen LogP) is 3.76. The quantitative estimate of drug-likeness (QED) is 0.717. The van der Waals surface area contributed by atoms with E-state index in [0.29, 0.717) is 13.2 Å². The maximum Gasteiger partial charge on any atom is 0.498 e. The molecular formula is C22H34BNO5. The molecule has 0 bridgehead atoms. The van der Waals surface area contributed by atoms with Crippen LogP contribution in [0.2, 0.25) is 0 Å². The highest BCUT2D eigenvalue weighted by Crippen LogP contribution is 2.27. The number of amides is 1. The number of hydrogen-bond acceptors (Lipinski definition) is 5. The molecule has 2 atom stereocenters. The third kappa shape index (κ3) is 5.89. The van der Waals surface area contributed by atoms with Crippen molar-refractivity contribution in [1.82, 2.24) is 4.90 Å². The van der Waals surface area contributed by atoms with Crippen LogP contribution in [0.3, 0.4) is 0 Å². The monoisotopic (exact) mass is 403 g/mol. The van der Waals surface area contributed by atoms with Gasteiger partial charge in [0, 0.05) is 18.1 Å². The van der Waals surface area contributed by atoms with Gasteiger partial charge in [0.1, 0.15) is 18.0 Å². The van der Waals surface area contributed by atoms with Gasteiger partial charge in [-0.1, -0.05) is 18.2 Å². The second-order valence-electron chi connectivity index (χ2n) is 9.68. The maximum absolute atomic E-state index is 12.5. The van der Waals surface area contributed by atoms with E-state index in [1.54, 1.807) is 4.90 Å². The molecule has 1 aromatic rings. The average molecular weight is 403 g/mol. The van der Waals surface area contributed by atoms with Gasteiger partial charge >= 0.3 is 13.2 Å². The summed E-state index contributed by atoms with van der Waals surface area (Å²) in [5.74, 6) is 0.735. The average Bonchev–Trinajstić information content (AvgIpc) is 3.05. The van der Waals surface area contributed by atoms with Crippen LogP contribution >= 0.6 is 0 Å². The molecule has 2 saturated heterocycles. The zero-order chi connectivity index (χ0) is 21.2. The molecule has 1 amide bonds. The standard InChI is InChI=1S/C22H34BNO5/c1-16-14-22(5,6)29-23(28-16)18-11-7-8-12-19(18)26-15-17-10-9-13-24(17)20(25)27-21(2,3)4/h7-8,11-12,16-17H,9-10,13-15H2,1-6H3/t16-,17+/m0/s1. The molecule has 0 aliphatic carbocycles. The van der Waals surface area contributed by atoms with E-state index < -0.39 is 12.7 Å². The van der Waals surface area contributed by atoms with E-state index in [2.05, 4.69) is 20.8 Å². The van der Waals surface area contributed by atoms with Gasteiger partial charge in [-0.15, -0.1) is 0 Å². The summed E-state index contributed by atoms with van der Waals surface area (Å²) in [4.78, 5) is 14.3. The van der Waals surface area contributed by atoms with E-state index in [1.165, 1.54) is 0 Å². The zero-order valence-corrected chi connectivity index (χ0v) is 18.6. The van der Waals surface area contributed by atoms with E-state index in [9.17, 15) is 4.79 Å². The lowest BCUT2D eigenvalue weighted by molar-refractivity contribution is -0.0232. The molecule has 0 saturated carbocycles. The second-order valence-corrected chi connectivity index (χ2v) is 9.68. The van der Waals surface area contributed by atoms with Crippen molar-refractivity contribution in [3.63, 3.8) is 0 Å². The minimum atomic E-state index is -0.503. The normalized spacial score (nSPS) is 24.5. The van der Waals surface area contributed by atoms with Crippen LogP contribution in [0, 0.1) is 0 Å². The molecule has 2 aliphatic heterocycles. The lowest BCUT2D eigenvalue weighted by atomic mass is 9.74. The Hall–Kier alpha value is -1.73. The number of carbonyl (C=O) groups is 1. The summed E-state index contributed by atoms with van der Waals surface area (Å²) in [5, 5.41) is 0. The first-order chi connectivity index (χ1) is 13.5. The van der Waals surface area contributed by atoms with Gasteiger partial charge in [0.15, 0.2) is 0 Å². The highest BCUT2D eigenvalue weighted by atomic mass is 16.6. The van der Waals surface area contributed by atoms with Gasteiger partial charge < -0.3 is 23.7 Å². The third-order valence-electron chi connectivity index (χ3n) is 5.17. The van der Waals surface area contributed by atoms with Crippen LogP contribution in [0.5, 0.6) is 5.75 Å². The first-order valence-corrected chi connectivity index (χ1v) is 10.6. The fraction of sp³-hybridized carbons (Fsp3) is 0.682. The van der Waals surface area contributed by atoms with Crippen LogP contribution in [-0.4, -0.2) is 54.6 Å². The molecule has 160 valence electrons. The molecular weight excluding hydrogens is 369 g/mol. The number of rotatable bonds is 4. The second kappa shape index (κ2) is 8.56. The topological polar surface area (TPSA) is 57.2 Å². The first-order valence-electron chi connectivity index (χ1n) is 10.6. The van der Waals surface area contributed by atoms with E-state index >= 15 is 0 Å². The smallest absolute Gasteiger partial charge is 0.492 e. The molecule has 0 N–H and O–H groups in total. The Morgan fingerprint density at radius 1 is 1.31 bits per heavy atom. The minimum absolute atomic E-state index is 0.00135. The molecule has 2 heterocycles. The summed E-state index contributed by atoms with van der Waals surface area (Å²) < 4.78 is 23.9. The highest BCUT2D eigenvalue weighted by molar-refractivity contribution is 6.62. The van der Waals surface area contributed by atoms with Crippen LogP contribution < -0.4 is 10.2 Å². The number of benzene rings is 1. The number of ether oxygens (including phenoxy) is 2. The lowest BCUT2D eigenvalue weighted by Gasteiger charge is -2.38. The summed E-state index contributed by atoms with van der Waals surface area (Å²) in [7, 11) is -0.463. The van der Waals surface area contributed by atoms with E-state index in [0.717, 1.165) is 30.5 Å². The molecule has 29 heavy (non-hydrogen) atoms. The van der Waals surface area contributed by atoms with Crippen molar-refractivity contribution in [3.8, 4) is 5.75 Å². The van der Waals surface area contributed by atoms with Crippen LogP contribution in [-0.2, 0) is 14.0 Å². The Kier molecular flexibility index (Phi) is 6.49. The van der Waals surface area contributed by atoms with Crippen molar-refractivity contribution in [2.45, 2.75) is 84.2 Å². The molecule has 0 unspecified atom stereocenters. The van der Waals surface area contributed by atoms with Gasteiger partial charge in [-0.25, -0.2) is 4.79 Å². The van der Waals surface area contributed by atoms with Gasteiger partial charge in [0.05, 0.1) is 11.6 Å². The number of likely N-dealkylation sites (tertiary alicyclic amines) is 1. The SMILES string of the molecule is C[C@H]1CC(C)(C)OB(c2ccccc2OC[C@H]2CCCN2C(=O)OC(C)(C)C)O1. The fourth-order valence-electron chi connectivity index (χ4n) is 4.02. The molecule has 0 aromatic heterocycles. The van der Waals surface area contributed by atoms with Gasteiger partial charge in [-0.3, -0.25) is 0 Å². The molecule has 7 heteroatoms. The minimum Gasteiger partial charge on any atom is -0.492 e. The molecule has 1 aromatic carbocycles. The largest absolute Gasteiger partial charge is 0.498 e. The van der Waals surface area contributed by atoms with Gasteiger partial charge in [-0.05, 0) is 66.9 Å². The van der Waals surface area contributed by atoms with Crippen molar-refractivity contribution < 1.29 is 23.6 Å². The van der Waals surface area contributed by atoms with E-state index in [-0.39, 0.29) is 23.8 Å². The van der Waals surface area contributed by atoms with Crippen molar-refractivity contribution in [2.75, 3.05) is 13.2 Å². The van der Waals surface area contributed by atoms with Gasteiger partial charge in [-0.2, -0.15) is 0 Å². The lowest BCUT2D eigenvalue weighted by Crippen LogP contribution is -2.52. The maximum atomic E-state index is 12.5. The summed E-state index contributed by atoms with van der Waals surface area (Å²) in [5.41, 5.74) is 0.125. The Balaban J connectivity index is 1.68. The Morgan fingerprint density at radius 3 is 2.72 bits per heavy atom. The van der Waals surface area contributed by atoms with Crippen molar-refractivity contribution in [2.24, 2.45) is 0 Å². The third-order valence-corrected chi connectivity index (χ3v) is 5.17. The van der Waals surface area contributed by atoms with E-state index in [4.69, 9.17) is 18.8 Å². The van der Waals surface area contributed by atoms with E-state index in [1.807, 2.05) is 45.0 Å². The van der Waals surface area contributed by atoms with Crippen molar-refractivity contribution in [3.05, 3.63) is 24.3 Å². The summed E-state index contributed by atoms with van der Waals surface area (Å²) in [6.07, 6.45) is 2.54. The number of nitrogens with zero attached hydrogens (tertiary/aromatic N) is 1. The van der Waals surface area contributed by atoms with Crippen LogP contribution in [0.25, 0.3) is 0 Å². The van der Waals surface area contributed by atoms with Crippen LogP contribution in [0.4, 0.5) is 4.79 Å². The molecule has 3 rings (SSSR count). The first kappa shape index (κ1) is 22.0. The van der Waals surface area contributed by atoms with Crippen LogP contribution in [0.1, 0.15) is 60.8 Å². The Bertz CT molecular complexity index is 717. The highest BCUT2D eigenvalue weighted by Gasteiger charge is 2.40. The summed E-state index contributed by atoms with van der Waals surface area (Å²) >= 11 is 0. The van der Waals surface area contributed by atoms with Crippen LogP contribution in [0.15, 0.2) is 24.3 Å². The summed E-state index contributed by atoms with van der Waals surface area (Å²) in [6.45, 7) is 13.0. The zero-order valence-electron chi connectivity index (χ0n) is 18.6. The van der Waals surface area contributed by atoms with Gasteiger partial charge in [0.25, 0.3) is 0 Å². The molecule has 0 radical (unpaired) electrons. The summed E-state index contributed by atoms with van der Waals surface area (Å²) in [6, 6.07) is 7.82. The van der Waals surface area contributed by atoms with Gasteiger partial charge in [0.2, 0.25) is 0 Å². The predicted molar refractivity (Wildman–Crippen MR) is 114 cm³/mol. The molecule has 6 nitrogen and oxygen atoms in total. The molecule has 0 spiro atoms. The molecule has 2 fully saturated rings. The molecule has 2 aliphatic rings. The Labute approximate surface area is 175 Å². The number of hydrogen-bond donors (Lipinski definition) is 0. The van der Waals surface area contributed by atoms with Crippen molar-refractivity contribution in [1.29, 1.82) is 0 Å². The fourth-order valence-corrected chi connectivity index (χ4v) is 4.02. The number of para-hydroxylation sites is 1.